The van der Waals surface area contributed by atoms with E-state index in [2.05, 4.69) is 0 Å². The van der Waals surface area contributed by atoms with Crippen LogP contribution in [0.3, 0.4) is 0 Å². The largest absolute Gasteiger partial charge is 0.381 e. The second kappa shape index (κ2) is 6.49. The van der Waals surface area contributed by atoms with E-state index in [0.29, 0.717) is 32.5 Å². The van der Waals surface area contributed by atoms with E-state index >= 15 is 0 Å². The lowest BCUT2D eigenvalue weighted by Crippen LogP contribution is -2.36. The van der Waals surface area contributed by atoms with Crippen molar-refractivity contribution in [3.63, 3.8) is 0 Å². The van der Waals surface area contributed by atoms with Crippen LogP contribution in [-0.4, -0.2) is 55.8 Å². The third-order valence-corrected chi connectivity index (χ3v) is 4.20. The first-order valence-corrected chi connectivity index (χ1v) is 9.52. The second-order valence-corrected chi connectivity index (χ2v) is 8.14. The Hall–Kier alpha value is -0.220. The van der Waals surface area contributed by atoms with E-state index in [0.717, 1.165) is 12.5 Å². The first-order chi connectivity index (χ1) is 8.62. The predicted octanol–water partition coefficient (Wildman–Crippen LogP) is 0.126. The van der Waals surface area contributed by atoms with E-state index in [1.54, 1.807) is 0 Å². The highest BCUT2D eigenvalue weighted by Gasteiger charge is 2.34. The van der Waals surface area contributed by atoms with E-state index < -0.39 is 25.7 Å². The van der Waals surface area contributed by atoms with E-state index in [1.165, 1.54) is 0 Å². The molecular weight excluding hydrogens is 296 g/mol. The molecule has 0 saturated carbocycles. The summed E-state index contributed by atoms with van der Waals surface area (Å²) in [4.78, 5) is 0. The molecule has 1 fully saturated rings. The van der Waals surface area contributed by atoms with Crippen LogP contribution in [0.1, 0.15) is 19.3 Å². The molecule has 114 valence electrons. The molecule has 0 aromatic rings. The first kappa shape index (κ1) is 16.8. The minimum absolute atomic E-state index is 0.0198. The topological polar surface area (TPSA) is 96.0 Å². The van der Waals surface area contributed by atoms with Gasteiger partial charge in [-0.3, -0.25) is 8.37 Å². The third-order valence-electron chi connectivity index (χ3n) is 3.06. The minimum Gasteiger partial charge on any atom is -0.381 e. The summed E-state index contributed by atoms with van der Waals surface area (Å²) in [6.07, 6.45) is 3.63. The van der Waals surface area contributed by atoms with Crippen molar-refractivity contribution in [2.45, 2.75) is 19.3 Å². The Bertz CT molecular complexity index is 474. The summed E-state index contributed by atoms with van der Waals surface area (Å²) in [6, 6.07) is 0. The average Bonchev–Trinajstić information content (AvgIpc) is 2.25. The molecule has 9 heteroatoms. The van der Waals surface area contributed by atoms with Crippen LogP contribution >= 0.6 is 0 Å². The second-order valence-electron chi connectivity index (χ2n) is 4.85. The van der Waals surface area contributed by atoms with Gasteiger partial charge in [0.15, 0.2) is 0 Å². The van der Waals surface area contributed by atoms with Crippen LogP contribution < -0.4 is 0 Å². The van der Waals surface area contributed by atoms with Crippen molar-refractivity contribution in [2.24, 2.45) is 5.41 Å². The van der Waals surface area contributed by atoms with Gasteiger partial charge in [0, 0.05) is 18.6 Å². The zero-order valence-electron chi connectivity index (χ0n) is 11.1. The van der Waals surface area contributed by atoms with Gasteiger partial charge in [-0.1, -0.05) is 0 Å². The molecule has 1 aliphatic heterocycles. The van der Waals surface area contributed by atoms with Crippen LogP contribution in [0.25, 0.3) is 0 Å². The molecule has 0 N–H and O–H groups in total. The minimum atomic E-state index is -3.51. The molecule has 0 aliphatic carbocycles. The van der Waals surface area contributed by atoms with Crippen molar-refractivity contribution in [3.05, 3.63) is 0 Å². The molecule has 1 aliphatic rings. The molecule has 1 saturated heterocycles. The summed E-state index contributed by atoms with van der Waals surface area (Å²) in [5, 5.41) is 0. The Labute approximate surface area is 114 Å². The van der Waals surface area contributed by atoms with Gasteiger partial charge in [0.05, 0.1) is 25.7 Å². The average molecular weight is 316 g/mol. The molecule has 0 aromatic carbocycles. The molecular formula is C10H20O7S2. The fourth-order valence-corrected chi connectivity index (χ4v) is 2.76. The lowest BCUT2D eigenvalue weighted by molar-refractivity contribution is -0.0188. The summed E-state index contributed by atoms with van der Waals surface area (Å²) >= 11 is 0. The maximum Gasteiger partial charge on any atom is 0.264 e. The Morgan fingerprint density at radius 1 is 1.00 bits per heavy atom. The van der Waals surface area contributed by atoms with Crippen LogP contribution in [0.5, 0.6) is 0 Å². The van der Waals surface area contributed by atoms with Crippen molar-refractivity contribution in [1.29, 1.82) is 0 Å². The van der Waals surface area contributed by atoms with Gasteiger partial charge in [-0.25, -0.2) is 0 Å². The van der Waals surface area contributed by atoms with E-state index in [-0.39, 0.29) is 13.2 Å². The Kier molecular flexibility index (Phi) is 5.75. The van der Waals surface area contributed by atoms with E-state index in [4.69, 9.17) is 13.1 Å². The quantitative estimate of drug-likeness (QED) is 0.616. The number of ether oxygens (including phenoxy) is 1. The Morgan fingerprint density at radius 2 is 1.53 bits per heavy atom. The molecule has 0 unspecified atom stereocenters. The van der Waals surface area contributed by atoms with Crippen LogP contribution in [0, 0.1) is 5.41 Å². The van der Waals surface area contributed by atoms with Crippen LogP contribution in [0.2, 0.25) is 0 Å². The van der Waals surface area contributed by atoms with Crippen molar-refractivity contribution in [1.82, 2.24) is 0 Å². The maximum absolute atomic E-state index is 11.1. The maximum atomic E-state index is 11.1. The fourth-order valence-electron chi connectivity index (χ4n) is 1.91. The van der Waals surface area contributed by atoms with Crippen molar-refractivity contribution in [2.75, 3.05) is 38.9 Å². The van der Waals surface area contributed by atoms with Gasteiger partial charge in [0.1, 0.15) is 0 Å². The van der Waals surface area contributed by atoms with Crippen LogP contribution in [0.15, 0.2) is 0 Å². The van der Waals surface area contributed by atoms with E-state index in [1.807, 2.05) is 0 Å². The lowest BCUT2D eigenvalue weighted by Gasteiger charge is -2.36. The van der Waals surface area contributed by atoms with Gasteiger partial charge in [0.2, 0.25) is 0 Å². The molecule has 0 atom stereocenters. The van der Waals surface area contributed by atoms with Gasteiger partial charge in [0.25, 0.3) is 20.2 Å². The van der Waals surface area contributed by atoms with Crippen LogP contribution in [-0.2, 0) is 33.3 Å². The molecule has 0 amide bonds. The normalized spacial score (nSPS) is 20.3. The number of hydrogen-bond acceptors (Lipinski definition) is 7. The fraction of sp³-hybridized carbons (Fsp3) is 1.00. The molecule has 1 heterocycles. The zero-order valence-corrected chi connectivity index (χ0v) is 12.8. The number of rotatable bonds is 7. The zero-order chi connectivity index (χ0) is 14.6. The Morgan fingerprint density at radius 3 is 2.00 bits per heavy atom. The van der Waals surface area contributed by atoms with Gasteiger partial charge in [-0.15, -0.1) is 0 Å². The van der Waals surface area contributed by atoms with Crippen molar-refractivity contribution >= 4 is 20.2 Å². The van der Waals surface area contributed by atoms with Gasteiger partial charge < -0.3 is 4.74 Å². The molecule has 0 bridgehead atoms. The smallest absolute Gasteiger partial charge is 0.264 e. The highest BCUT2D eigenvalue weighted by atomic mass is 32.2. The molecule has 1 rings (SSSR count). The predicted molar refractivity (Wildman–Crippen MR) is 68.7 cm³/mol. The van der Waals surface area contributed by atoms with Gasteiger partial charge in [-0.2, -0.15) is 16.8 Å². The lowest BCUT2D eigenvalue weighted by atomic mass is 9.78. The van der Waals surface area contributed by atoms with Gasteiger partial charge >= 0.3 is 0 Å². The monoisotopic (exact) mass is 316 g/mol. The Balaban J connectivity index is 2.59. The summed E-state index contributed by atoms with van der Waals surface area (Å²) in [7, 11) is -7.00. The summed E-state index contributed by atoms with van der Waals surface area (Å²) in [6.45, 7) is 1.06. The number of hydrogen-bond donors (Lipinski definition) is 0. The van der Waals surface area contributed by atoms with E-state index in [9.17, 15) is 16.8 Å². The van der Waals surface area contributed by atoms with Crippen LogP contribution in [0.4, 0.5) is 0 Å². The summed E-state index contributed by atoms with van der Waals surface area (Å²) in [5.41, 5.74) is -0.411. The molecule has 19 heavy (non-hydrogen) atoms. The third kappa shape index (κ3) is 7.21. The van der Waals surface area contributed by atoms with Crippen molar-refractivity contribution in [3.8, 4) is 0 Å². The summed E-state index contributed by atoms with van der Waals surface area (Å²) in [5.74, 6) is 0. The molecule has 0 radical (unpaired) electrons. The highest BCUT2D eigenvalue weighted by Crippen LogP contribution is 2.35. The van der Waals surface area contributed by atoms with Gasteiger partial charge in [-0.05, 0) is 19.3 Å². The standard InChI is InChI=1S/C10H20O7S2/c1-18(11,12)16-8-5-10(3-6-15-7-4-10)9-17-19(2,13)14/h3-9H2,1-2H3. The molecule has 7 nitrogen and oxygen atoms in total. The molecule has 0 aromatic heterocycles. The highest BCUT2D eigenvalue weighted by molar-refractivity contribution is 7.86. The van der Waals surface area contributed by atoms with Crippen molar-refractivity contribution < 1.29 is 29.9 Å². The summed E-state index contributed by atoms with van der Waals surface area (Å²) < 4.78 is 58.8. The SMILES string of the molecule is CS(=O)(=O)OCCC1(COS(C)(=O)=O)CCOCC1. The first-order valence-electron chi connectivity index (χ1n) is 5.89. The molecule has 0 spiro atoms.